The molecule has 1 aliphatic heterocycles. The second-order valence-electron chi connectivity index (χ2n) is 7.51. The molecule has 0 spiro atoms. The first kappa shape index (κ1) is 21.6. The van der Waals surface area contributed by atoms with Crippen LogP contribution in [0.25, 0.3) is 21.2 Å². The molecule has 3 aromatic rings. The van der Waals surface area contributed by atoms with Gasteiger partial charge in [0.2, 0.25) is 5.91 Å². The number of benzene rings is 2. The summed E-state index contributed by atoms with van der Waals surface area (Å²) in [4.78, 5) is 49.0. The summed E-state index contributed by atoms with van der Waals surface area (Å²) < 4.78 is 13.5. The van der Waals surface area contributed by atoms with E-state index in [1.807, 2.05) is 47.8 Å². The zero-order valence-electron chi connectivity index (χ0n) is 16.8. The molecular weight excluding hydrogens is 435 g/mol. The first-order valence-corrected chi connectivity index (χ1v) is 10.7. The van der Waals surface area contributed by atoms with Gasteiger partial charge in [0.25, 0.3) is 5.91 Å². The second-order valence-corrected chi connectivity index (χ2v) is 8.42. The highest BCUT2D eigenvalue weighted by atomic mass is 32.1. The van der Waals surface area contributed by atoms with Crippen LogP contribution in [-0.4, -0.2) is 52.8 Å². The minimum Gasteiger partial charge on any atom is -0.480 e. The van der Waals surface area contributed by atoms with Gasteiger partial charge >= 0.3 is 5.97 Å². The molecular formula is C23H19FN2O5S. The molecule has 1 aromatic heterocycles. The maximum atomic E-state index is 12.9. The van der Waals surface area contributed by atoms with Crippen molar-refractivity contribution < 1.29 is 28.7 Å². The lowest BCUT2D eigenvalue weighted by Crippen LogP contribution is -2.46. The molecule has 1 atom stereocenters. The first-order valence-electron chi connectivity index (χ1n) is 9.86. The number of carbonyl (C=O) groups excluding carboxylic acids is 3. The predicted octanol–water partition coefficient (Wildman–Crippen LogP) is 3.02. The largest absolute Gasteiger partial charge is 0.480 e. The molecule has 2 N–H and O–H groups in total. The number of hydrogen-bond acceptors (Lipinski definition) is 5. The third kappa shape index (κ3) is 4.24. The monoisotopic (exact) mass is 454 g/mol. The number of carboxylic acids is 1. The van der Waals surface area contributed by atoms with Gasteiger partial charge in [-0.1, -0.05) is 30.3 Å². The van der Waals surface area contributed by atoms with Crippen LogP contribution in [-0.2, 0) is 20.9 Å². The maximum absolute atomic E-state index is 12.9. The zero-order chi connectivity index (χ0) is 22.8. The van der Waals surface area contributed by atoms with E-state index in [1.54, 1.807) is 11.3 Å². The lowest BCUT2D eigenvalue weighted by Gasteiger charge is -2.18. The van der Waals surface area contributed by atoms with Crippen molar-refractivity contribution in [2.45, 2.75) is 19.0 Å². The topological polar surface area (TPSA) is 104 Å². The minimum absolute atomic E-state index is 0.216. The number of rotatable bonds is 8. The summed E-state index contributed by atoms with van der Waals surface area (Å²) >= 11 is 1.62. The van der Waals surface area contributed by atoms with Crippen LogP contribution in [0.5, 0.6) is 0 Å². The van der Waals surface area contributed by atoms with Crippen LogP contribution in [0.3, 0.4) is 0 Å². The Bertz CT molecular complexity index is 1240. The molecule has 2 heterocycles. The van der Waals surface area contributed by atoms with E-state index in [-0.39, 0.29) is 19.0 Å². The van der Waals surface area contributed by atoms with E-state index >= 15 is 0 Å². The molecule has 2 aromatic carbocycles. The smallest absolute Gasteiger partial charge is 0.326 e. The number of hydrogen-bond donors (Lipinski definition) is 2. The predicted molar refractivity (Wildman–Crippen MR) is 117 cm³/mol. The van der Waals surface area contributed by atoms with Crippen molar-refractivity contribution >= 4 is 45.0 Å². The summed E-state index contributed by atoms with van der Waals surface area (Å²) in [5.74, 6) is -3.42. The molecule has 0 bridgehead atoms. The zero-order valence-corrected chi connectivity index (χ0v) is 17.7. The molecule has 0 saturated heterocycles. The molecule has 9 heteroatoms. The summed E-state index contributed by atoms with van der Waals surface area (Å²) in [6, 6.07) is 12.1. The summed E-state index contributed by atoms with van der Waals surface area (Å²) in [5, 5.41) is 14.5. The number of amides is 2. The van der Waals surface area contributed by atoms with Crippen molar-refractivity contribution in [3.05, 3.63) is 59.0 Å². The SMILES string of the molecule is O=C(CF)CC(NC(=O)CN1Cc2ccc(-c3csc4ccccc34)cc2C1=O)C(=O)O. The fourth-order valence-corrected chi connectivity index (χ4v) is 4.72. The van der Waals surface area contributed by atoms with Gasteiger partial charge in [-0.15, -0.1) is 11.3 Å². The van der Waals surface area contributed by atoms with Crippen LogP contribution < -0.4 is 5.32 Å². The fraction of sp³-hybridized carbons (Fsp3) is 0.217. The van der Waals surface area contributed by atoms with Gasteiger partial charge in [-0.2, -0.15) is 0 Å². The quantitative estimate of drug-likeness (QED) is 0.545. The van der Waals surface area contributed by atoms with Gasteiger partial charge in [-0.3, -0.25) is 14.4 Å². The number of carbonyl (C=O) groups is 4. The van der Waals surface area contributed by atoms with Gasteiger partial charge in [0.1, 0.15) is 19.3 Å². The molecule has 0 aliphatic carbocycles. The molecule has 1 unspecified atom stereocenters. The number of alkyl halides is 1. The van der Waals surface area contributed by atoms with E-state index in [0.717, 1.165) is 26.8 Å². The second kappa shape index (κ2) is 8.88. The van der Waals surface area contributed by atoms with Gasteiger partial charge in [-0.05, 0) is 28.6 Å². The molecule has 2 amide bonds. The summed E-state index contributed by atoms with van der Waals surface area (Å²) in [6.45, 7) is -1.45. The van der Waals surface area contributed by atoms with Gasteiger partial charge in [0.15, 0.2) is 5.78 Å². The highest BCUT2D eigenvalue weighted by Gasteiger charge is 2.31. The molecule has 0 saturated carbocycles. The molecule has 0 fully saturated rings. The number of thiophene rings is 1. The average Bonchev–Trinajstić information content (AvgIpc) is 3.34. The van der Waals surface area contributed by atoms with E-state index in [4.69, 9.17) is 5.11 Å². The molecule has 1 aliphatic rings. The van der Waals surface area contributed by atoms with Gasteiger partial charge in [-0.25, -0.2) is 9.18 Å². The van der Waals surface area contributed by atoms with E-state index in [0.29, 0.717) is 5.56 Å². The Morgan fingerprint density at radius 2 is 1.94 bits per heavy atom. The van der Waals surface area contributed by atoms with E-state index in [2.05, 4.69) is 5.32 Å². The number of aliphatic carboxylic acids is 1. The lowest BCUT2D eigenvalue weighted by molar-refractivity contribution is -0.143. The highest BCUT2D eigenvalue weighted by molar-refractivity contribution is 7.17. The Morgan fingerprint density at radius 1 is 1.16 bits per heavy atom. The molecule has 7 nitrogen and oxygen atoms in total. The number of nitrogens with zero attached hydrogens (tertiary/aromatic N) is 1. The van der Waals surface area contributed by atoms with Crippen LogP contribution in [0, 0.1) is 0 Å². The summed E-state index contributed by atoms with van der Waals surface area (Å²) in [5.41, 5.74) is 3.19. The van der Waals surface area contributed by atoms with Crippen LogP contribution in [0.4, 0.5) is 4.39 Å². The molecule has 4 rings (SSSR count). The standard InChI is InChI=1S/C23H19FN2O5S/c24-9-15(27)8-19(23(30)31)25-21(28)11-26-10-14-6-5-13(7-17(14)22(26)29)18-12-32-20-4-2-1-3-16(18)20/h1-7,12,19H,8-11H2,(H,25,28)(H,30,31). The normalized spacial score (nSPS) is 13.8. The van der Waals surface area contributed by atoms with E-state index in [1.165, 1.54) is 4.90 Å². The Hall–Kier alpha value is -3.59. The molecule has 164 valence electrons. The van der Waals surface area contributed by atoms with Crippen LogP contribution in [0.15, 0.2) is 47.8 Å². The Balaban J connectivity index is 1.48. The third-order valence-corrected chi connectivity index (χ3v) is 6.29. The fourth-order valence-electron chi connectivity index (χ4n) is 3.75. The van der Waals surface area contributed by atoms with Crippen molar-refractivity contribution in [1.29, 1.82) is 0 Å². The van der Waals surface area contributed by atoms with Crippen LogP contribution in [0.2, 0.25) is 0 Å². The van der Waals surface area contributed by atoms with Crippen LogP contribution >= 0.6 is 11.3 Å². The van der Waals surface area contributed by atoms with Crippen molar-refractivity contribution in [3.63, 3.8) is 0 Å². The average molecular weight is 454 g/mol. The number of fused-ring (bicyclic) bond motifs is 2. The van der Waals surface area contributed by atoms with Gasteiger partial charge in [0.05, 0.1) is 0 Å². The minimum atomic E-state index is -1.54. The Labute approximate surface area is 186 Å². The van der Waals surface area contributed by atoms with Crippen molar-refractivity contribution in [2.75, 3.05) is 13.2 Å². The summed E-state index contributed by atoms with van der Waals surface area (Å²) in [6.07, 6.45) is -0.649. The number of halogens is 1. The van der Waals surface area contributed by atoms with Crippen molar-refractivity contribution in [3.8, 4) is 11.1 Å². The highest BCUT2D eigenvalue weighted by Crippen LogP contribution is 2.36. The number of carboxylic acid groups (broad SMARTS) is 1. The maximum Gasteiger partial charge on any atom is 0.326 e. The first-order chi connectivity index (χ1) is 15.4. The van der Waals surface area contributed by atoms with Gasteiger partial charge in [0, 0.05) is 34.2 Å². The Kier molecular flexibility index (Phi) is 6.00. The number of Topliss-reactive ketones (excluding diaryl/α,β-unsaturated/α-hetero) is 1. The van der Waals surface area contributed by atoms with E-state index in [9.17, 15) is 23.6 Å². The van der Waals surface area contributed by atoms with Gasteiger partial charge < -0.3 is 15.3 Å². The summed E-state index contributed by atoms with van der Waals surface area (Å²) in [7, 11) is 0. The van der Waals surface area contributed by atoms with Crippen LogP contribution in [0.1, 0.15) is 22.3 Å². The van der Waals surface area contributed by atoms with Crippen molar-refractivity contribution in [2.24, 2.45) is 0 Å². The van der Waals surface area contributed by atoms with E-state index < -0.39 is 36.8 Å². The van der Waals surface area contributed by atoms with Crippen molar-refractivity contribution in [1.82, 2.24) is 10.2 Å². The molecule has 32 heavy (non-hydrogen) atoms. The lowest BCUT2D eigenvalue weighted by atomic mass is 10.00. The number of ketones is 1. The molecule has 0 radical (unpaired) electrons. The third-order valence-electron chi connectivity index (χ3n) is 5.33. The Morgan fingerprint density at radius 3 is 2.69 bits per heavy atom. The number of nitrogens with one attached hydrogen (secondary N) is 1.